The summed E-state index contributed by atoms with van der Waals surface area (Å²) >= 11 is 0. The van der Waals surface area contributed by atoms with E-state index < -0.39 is 0 Å². The molecule has 19 heavy (non-hydrogen) atoms. The molecule has 0 aromatic heterocycles. The van der Waals surface area contributed by atoms with Gasteiger partial charge in [0.25, 0.3) is 0 Å². The maximum absolute atomic E-state index is 12.1. The van der Waals surface area contributed by atoms with Crippen molar-refractivity contribution in [3.8, 4) is 5.75 Å². The first-order valence-electron chi connectivity index (χ1n) is 7.60. The fourth-order valence-electron chi connectivity index (χ4n) is 2.57. The molecule has 104 valence electrons. The molecule has 1 aromatic rings. The Morgan fingerprint density at radius 1 is 1.21 bits per heavy atom. The Balaban J connectivity index is 1.85. The average molecular weight is 260 g/mol. The standard InChI is InChI=1S/C17H24O2/c1-2-3-4-5-6-9-16(18)14-10-11-17-15(13-14)8-7-12-19-17/h10-11,13H,2-9,12H2,1H3. The van der Waals surface area contributed by atoms with E-state index in [0.717, 1.165) is 37.2 Å². The SMILES string of the molecule is CCCCCCCC(=O)c1ccc2c(c1)CCCO2. The number of fused-ring (bicyclic) bond motifs is 1. The lowest BCUT2D eigenvalue weighted by Crippen LogP contribution is -2.09. The summed E-state index contributed by atoms with van der Waals surface area (Å²) in [7, 11) is 0. The molecule has 0 unspecified atom stereocenters. The van der Waals surface area contributed by atoms with E-state index in [4.69, 9.17) is 4.74 Å². The fraction of sp³-hybridized carbons (Fsp3) is 0.588. The number of benzene rings is 1. The van der Waals surface area contributed by atoms with E-state index in [9.17, 15) is 4.79 Å². The third kappa shape index (κ3) is 4.09. The molecule has 0 radical (unpaired) electrons. The van der Waals surface area contributed by atoms with Crippen LogP contribution in [0.15, 0.2) is 18.2 Å². The molecule has 1 heterocycles. The second-order valence-corrected chi connectivity index (χ2v) is 5.36. The monoisotopic (exact) mass is 260 g/mol. The molecule has 0 N–H and O–H groups in total. The largest absolute Gasteiger partial charge is 0.493 e. The summed E-state index contributed by atoms with van der Waals surface area (Å²) < 4.78 is 5.57. The zero-order valence-electron chi connectivity index (χ0n) is 11.9. The van der Waals surface area contributed by atoms with E-state index in [-0.39, 0.29) is 5.78 Å². The van der Waals surface area contributed by atoms with Gasteiger partial charge in [-0.2, -0.15) is 0 Å². The summed E-state index contributed by atoms with van der Waals surface area (Å²) in [5.74, 6) is 1.25. The Morgan fingerprint density at radius 3 is 2.89 bits per heavy atom. The lowest BCUT2D eigenvalue weighted by atomic mass is 9.98. The minimum Gasteiger partial charge on any atom is -0.493 e. The van der Waals surface area contributed by atoms with Crippen molar-refractivity contribution in [1.82, 2.24) is 0 Å². The van der Waals surface area contributed by atoms with Gasteiger partial charge >= 0.3 is 0 Å². The number of Topliss-reactive ketones (excluding diaryl/α,β-unsaturated/α-hetero) is 1. The average Bonchev–Trinajstić information content (AvgIpc) is 2.46. The molecule has 2 nitrogen and oxygen atoms in total. The number of ether oxygens (including phenoxy) is 1. The molecule has 0 spiro atoms. The zero-order chi connectivity index (χ0) is 13.5. The predicted octanol–water partition coefficient (Wildman–Crippen LogP) is 4.55. The van der Waals surface area contributed by atoms with E-state index in [1.54, 1.807) is 0 Å². The molecule has 0 aliphatic carbocycles. The molecule has 0 saturated carbocycles. The van der Waals surface area contributed by atoms with Crippen LogP contribution in [0.4, 0.5) is 0 Å². The van der Waals surface area contributed by atoms with Gasteiger partial charge in [-0.05, 0) is 43.0 Å². The van der Waals surface area contributed by atoms with Crippen molar-refractivity contribution in [1.29, 1.82) is 0 Å². The quantitative estimate of drug-likeness (QED) is 0.531. The van der Waals surface area contributed by atoms with Gasteiger partial charge in [-0.3, -0.25) is 4.79 Å². The summed E-state index contributed by atoms with van der Waals surface area (Å²) in [6.07, 6.45) is 8.75. The molecule has 0 fully saturated rings. The van der Waals surface area contributed by atoms with Crippen LogP contribution in [-0.2, 0) is 6.42 Å². The van der Waals surface area contributed by atoms with Gasteiger partial charge in [0.2, 0.25) is 0 Å². The Labute approximate surface area is 116 Å². The highest BCUT2D eigenvalue weighted by Gasteiger charge is 2.13. The topological polar surface area (TPSA) is 26.3 Å². The Morgan fingerprint density at radius 2 is 2.05 bits per heavy atom. The van der Waals surface area contributed by atoms with Crippen molar-refractivity contribution in [3.05, 3.63) is 29.3 Å². The fourth-order valence-corrected chi connectivity index (χ4v) is 2.57. The van der Waals surface area contributed by atoms with Gasteiger partial charge < -0.3 is 4.74 Å². The zero-order valence-corrected chi connectivity index (χ0v) is 11.9. The van der Waals surface area contributed by atoms with Crippen LogP contribution in [-0.4, -0.2) is 12.4 Å². The number of carbonyl (C=O) groups excluding carboxylic acids is 1. The first-order valence-corrected chi connectivity index (χ1v) is 7.60. The highest BCUT2D eigenvalue weighted by Crippen LogP contribution is 2.26. The minimum absolute atomic E-state index is 0.282. The molecular formula is C17H24O2. The Bertz CT molecular complexity index is 423. The Hall–Kier alpha value is -1.31. The normalized spacial score (nSPS) is 13.7. The molecule has 1 aliphatic heterocycles. The number of hydrogen-bond acceptors (Lipinski definition) is 2. The van der Waals surface area contributed by atoms with Gasteiger partial charge in [-0.25, -0.2) is 0 Å². The first kappa shape index (κ1) is 14.1. The number of ketones is 1. The van der Waals surface area contributed by atoms with Crippen molar-refractivity contribution in [2.75, 3.05) is 6.61 Å². The minimum atomic E-state index is 0.282. The van der Waals surface area contributed by atoms with Crippen LogP contribution in [0.3, 0.4) is 0 Å². The molecule has 0 amide bonds. The number of hydrogen-bond donors (Lipinski definition) is 0. The van der Waals surface area contributed by atoms with Crippen LogP contribution in [0, 0.1) is 0 Å². The number of rotatable bonds is 7. The second-order valence-electron chi connectivity index (χ2n) is 5.36. The van der Waals surface area contributed by atoms with Crippen molar-refractivity contribution >= 4 is 5.78 Å². The van der Waals surface area contributed by atoms with Gasteiger partial charge in [0.1, 0.15) is 5.75 Å². The first-order chi connectivity index (χ1) is 9.31. The smallest absolute Gasteiger partial charge is 0.162 e. The molecule has 2 heteroatoms. The van der Waals surface area contributed by atoms with Gasteiger partial charge in [-0.15, -0.1) is 0 Å². The van der Waals surface area contributed by atoms with Gasteiger partial charge in [0, 0.05) is 12.0 Å². The van der Waals surface area contributed by atoms with E-state index in [0.29, 0.717) is 6.42 Å². The van der Waals surface area contributed by atoms with Crippen molar-refractivity contribution in [3.63, 3.8) is 0 Å². The van der Waals surface area contributed by atoms with E-state index >= 15 is 0 Å². The maximum atomic E-state index is 12.1. The van der Waals surface area contributed by atoms with Crippen molar-refractivity contribution < 1.29 is 9.53 Å². The number of unbranched alkanes of at least 4 members (excludes halogenated alkanes) is 4. The summed E-state index contributed by atoms with van der Waals surface area (Å²) in [6.45, 7) is 3.01. The molecule has 0 saturated heterocycles. The van der Waals surface area contributed by atoms with Crippen LogP contribution in [0.25, 0.3) is 0 Å². The third-order valence-corrected chi connectivity index (χ3v) is 3.74. The second kappa shape index (κ2) is 7.32. The summed E-state index contributed by atoms with van der Waals surface area (Å²) in [6, 6.07) is 5.90. The molecule has 0 bridgehead atoms. The van der Waals surface area contributed by atoms with Crippen LogP contribution in [0.5, 0.6) is 5.75 Å². The van der Waals surface area contributed by atoms with E-state index in [1.807, 2.05) is 18.2 Å². The van der Waals surface area contributed by atoms with Crippen LogP contribution in [0.2, 0.25) is 0 Å². The lowest BCUT2D eigenvalue weighted by molar-refractivity contribution is 0.0979. The van der Waals surface area contributed by atoms with Gasteiger partial charge in [0.05, 0.1) is 6.61 Å². The van der Waals surface area contributed by atoms with Gasteiger partial charge in [0.15, 0.2) is 5.78 Å². The summed E-state index contributed by atoms with van der Waals surface area (Å²) in [5, 5.41) is 0. The van der Waals surface area contributed by atoms with Crippen molar-refractivity contribution in [2.24, 2.45) is 0 Å². The van der Waals surface area contributed by atoms with Crippen molar-refractivity contribution in [2.45, 2.75) is 58.3 Å². The molecule has 0 atom stereocenters. The molecule has 2 rings (SSSR count). The summed E-state index contributed by atoms with van der Waals surface area (Å²) in [4.78, 5) is 12.1. The molecule has 1 aliphatic rings. The highest BCUT2D eigenvalue weighted by atomic mass is 16.5. The van der Waals surface area contributed by atoms with E-state index in [2.05, 4.69) is 6.92 Å². The molecule has 1 aromatic carbocycles. The molecular weight excluding hydrogens is 236 g/mol. The van der Waals surface area contributed by atoms with Crippen LogP contribution < -0.4 is 4.74 Å². The van der Waals surface area contributed by atoms with E-state index in [1.165, 1.54) is 31.2 Å². The maximum Gasteiger partial charge on any atom is 0.162 e. The predicted molar refractivity (Wildman–Crippen MR) is 78.0 cm³/mol. The highest BCUT2D eigenvalue weighted by molar-refractivity contribution is 5.96. The lowest BCUT2D eigenvalue weighted by Gasteiger charge is -2.17. The number of carbonyl (C=O) groups is 1. The number of aryl methyl sites for hydroxylation is 1. The van der Waals surface area contributed by atoms with Gasteiger partial charge in [-0.1, -0.05) is 32.6 Å². The van der Waals surface area contributed by atoms with Crippen LogP contribution >= 0.6 is 0 Å². The summed E-state index contributed by atoms with van der Waals surface area (Å²) in [5.41, 5.74) is 2.06. The third-order valence-electron chi connectivity index (χ3n) is 3.74. The van der Waals surface area contributed by atoms with Crippen LogP contribution in [0.1, 0.15) is 67.8 Å². The Kier molecular flexibility index (Phi) is 5.44.